The van der Waals surface area contributed by atoms with E-state index < -0.39 is 0 Å². The Labute approximate surface area is 87.3 Å². The van der Waals surface area contributed by atoms with E-state index in [1.54, 1.807) is 10.9 Å². The quantitative estimate of drug-likeness (QED) is 0.708. The summed E-state index contributed by atoms with van der Waals surface area (Å²) >= 11 is 5.76. The van der Waals surface area contributed by atoms with Crippen LogP contribution in [0.1, 0.15) is 11.3 Å². The highest BCUT2D eigenvalue weighted by Crippen LogP contribution is 2.11. The van der Waals surface area contributed by atoms with Crippen LogP contribution in [0.5, 0.6) is 0 Å². The average Bonchev–Trinajstić information content (AvgIpc) is 2.61. The third kappa shape index (κ3) is 1.63. The first-order valence-corrected chi connectivity index (χ1v) is 4.87. The monoisotopic (exact) mass is 207 g/mol. The summed E-state index contributed by atoms with van der Waals surface area (Å²) in [6.07, 6.45) is 3.65. The van der Waals surface area contributed by atoms with Crippen molar-refractivity contribution in [1.29, 1.82) is 0 Å². The van der Waals surface area contributed by atoms with Crippen LogP contribution in [0, 0.1) is 6.92 Å². The maximum absolute atomic E-state index is 5.76. The molecule has 0 aliphatic heterocycles. The molecule has 14 heavy (non-hydrogen) atoms. The van der Waals surface area contributed by atoms with Crippen molar-refractivity contribution in [1.82, 2.24) is 14.8 Å². The molecule has 0 amide bonds. The molecule has 0 N–H and O–H groups in total. The van der Waals surface area contributed by atoms with E-state index in [-0.39, 0.29) is 0 Å². The van der Waals surface area contributed by atoms with Crippen LogP contribution in [0.4, 0.5) is 0 Å². The SMILES string of the molecule is Cc1nn(-c2ccccn2)cc1CCl. The molecule has 4 heteroatoms. The van der Waals surface area contributed by atoms with Gasteiger partial charge in [-0.2, -0.15) is 5.10 Å². The lowest BCUT2D eigenvalue weighted by atomic mass is 10.3. The maximum atomic E-state index is 5.76. The van der Waals surface area contributed by atoms with Gasteiger partial charge in [0.25, 0.3) is 0 Å². The normalized spacial score (nSPS) is 10.4. The van der Waals surface area contributed by atoms with E-state index in [1.807, 2.05) is 31.3 Å². The summed E-state index contributed by atoms with van der Waals surface area (Å²) in [6, 6.07) is 5.71. The second kappa shape index (κ2) is 3.80. The number of alkyl halides is 1. The number of aryl methyl sites for hydroxylation is 1. The van der Waals surface area contributed by atoms with Crippen LogP contribution in [0.3, 0.4) is 0 Å². The Balaban J connectivity index is 2.43. The van der Waals surface area contributed by atoms with Gasteiger partial charge in [-0.1, -0.05) is 6.07 Å². The molecule has 0 bridgehead atoms. The van der Waals surface area contributed by atoms with Gasteiger partial charge in [-0.25, -0.2) is 9.67 Å². The summed E-state index contributed by atoms with van der Waals surface area (Å²) in [6.45, 7) is 1.94. The molecule has 0 saturated carbocycles. The number of halogens is 1. The zero-order chi connectivity index (χ0) is 9.97. The Bertz CT molecular complexity index is 422. The van der Waals surface area contributed by atoms with E-state index in [0.29, 0.717) is 5.88 Å². The van der Waals surface area contributed by atoms with E-state index >= 15 is 0 Å². The molecular weight excluding hydrogens is 198 g/mol. The minimum Gasteiger partial charge on any atom is -0.237 e. The molecule has 0 spiro atoms. The third-order valence-electron chi connectivity index (χ3n) is 2.03. The minimum absolute atomic E-state index is 0.485. The van der Waals surface area contributed by atoms with E-state index in [1.165, 1.54) is 0 Å². The lowest BCUT2D eigenvalue weighted by Gasteiger charge is -1.97. The summed E-state index contributed by atoms with van der Waals surface area (Å²) in [5.41, 5.74) is 1.99. The topological polar surface area (TPSA) is 30.7 Å². The number of hydrogen-bond acceptors (Lipinski definition) is 2. The molecule has 0 saturated heterocycles. The van der Waals surface area contributed by atoms with Crippen molar-refractivity contribution in [2.24, 2.45) is 0 Å². The molecule has 0 aromatic carbocycles. The lowest BCUT2D eigenvalue weighted by Crippen LogP contribution is -1.96. The predicted octanol–water partition coefficient (Wildman–Crippen LogP) is 2.31. The Morgan fingerprint density at radius 1 is 1.43 bits per heavy atom. The fourth-order valence-corrected chi connectivity index (χ4v) is 1.50. The molecular formula is C10H10ClN3. The second-order valence-electron chi connectivity index (χ2n) is 3.01. The van der Waals surface area contributed by atoms with Crippen LogP contribution in [0.15, 0.2) is 30.6 Å². The van der Waals surface area contributed by atoms with Crippen molar-refractivity contribution in [3.63, 3.8) is 0 Å². The van der Waals surface area contributed by atoms with Crippen LogP contribution in [-0.2, 0) is 5.88 Å². The summed E-state index contributed by atoms with van der Waals surface area (Å²) in [5, 5.41) is 4.32. The van der Waals surface area contributed by atoms with Crippen molar-refractivity contribution >= 4 is 11.6 Å². The van der Waals surface area contributed by atoms with E-state index in [4.69, 9.17) is 11.6 Å². The fraction of sp³-hybridized carbons (Fsp3) is 0.200. The van der Waals surface area contributed by atoms with Crippen molar-refractivity contribution in [2.45, 2.75) is 12.8 Å². The van der Waals surface area contributed by atoms with Gasteiger partial charge < -0.3 is 0 Å². The highest BCUT2D eigenvalue weighted by atomic mass is 35.5. The molecule has 2 aromatic heterocycles. The van der Waals surface area contributed by atoms with Crippen LogP contribution in [0.2, 0.25) is 0 Å². The van der Waals surface area contributed by atoms with E-state index in [2.05, 4.69) is 10.1 Å². The van der Waals surface area contributed by atoms with Gasteiger partial charge >= 0.3 is 0 Å². The fourth-order valence-electron chi connectivity index (χ4n) is 1.23. The molecule has 0 fully saturated rings. The predicted molar refractivity (Wildman–Crippen MR) is 55.7 cm³/mol. The van der Waals surface area contributed by atoms with Crippen LogP contribution >= 0.6 is 11.6 Å². The molecule has 2 aromatic rings. The van der Waals surface area contributed by atoms with Gasteiger partial charge in [0.1, 0.15) is 0 Å². The first kappa shape index (κ1) is 9.21. The van der Waals surface area contributed by atoms with Gasteiger partial charge in [0.15, 0.2) is 5.82 Å². The van der Waals surface area contributed by atoms with Crippen molar-refractivity contribution < 1.29 is 0 Å². The molecule has 2 heterocycles. The van der Waals surface area contributed by atoms with Crippen molar-refractivity contribution in [3.8, 4) is 5.82 Å². The summed E-state index contributed by atoms with van der Waals surface area (Å²) in [4.78, 5) is 4.20. The minimum atomic E-state index is 0.485. The van der Waals surface area contributed by atoms with Crippen molar-refractivity contribution in [2.75, 3.05) is 0 Å². The molecule has 0 aliphatic rings. The Morgan fingerprint density at radius 3 is 2.86 bits per heavy atom. The number of aromatic nitrogens is 3. The number of nitrogens with zero attached hydrogens (tertiary/aromatic N) is 3. The summed E-state index contributed by atoms with van der Waals surface area (Å²) in [7, 11) is 0. The average molecular weight is 208 g/mol. The van der Waals surface area contributed by atoms with Crippen LogP contribution in [-0.4, -0.2) is 14.8 Å². The molecule has 3 nitrogen and oxygen atoms in total. The van der Waals surface area contributed by atoms with E-state index in [0.717, 1.165) is 17.1 Å². The molecule has 0 aliphatic carbocycles. The molecule has 0 radical (unpaired) electrons. The maximum Gasteiger partial charge on any atom is 0.153 e. The molecule has 0 unspecified atom stereocenters. The van der Waals surface area contributed by atoms with Crippen LogP contribution in [0.25, 0.3) is 5.82 Å². The molecule has 2 rings (SSSR count). The number of hydrogen-bond donors (Lipinski definition) is 0. The summed E-state index contributed by atoms with van der Waals surface area (Å²) in [5.74, 6) is 1.30. The first-order chi connectivity index (χ1) is 6.81. The lowest BCUT2D eigenvalue weighted by molar-refractivity contribution is 0.832. The van der Waals surface area contributed by atoms with Gasteiger partial charge in [0.05, 0.1) is 11.6 Å². The Morgan fingerprint density at radius 2 is 2.29 bits per heavy atom. The standard InChI is InChI=1S/C10H10ClN3/c1-8-9(6-11)7-14(13-8)10-4-2-3-5-12-10/h2-5,7H,6H2,1H3. The Kier molecular flexibility index (Phi) is 2.50. The smallest absolute Gasteiger partial charge is 0.153 e. The zero-order valence-corrected chi connectivity index (χ0v) is 8.57. The second-order valence-corrected chi connectivity index (χ2v) is 3.27. The first-order valence-electron chi connectivity index (χ1n) is 4.34. The number of rotatable bonds is 2. The molecule has 72 valence electrons. The zero-order valence-electron chi connectivity index (χ0n) is 7.81. The van der Waals surface area contributed by atoms with Gasteiger partial charge in [0, 0.05) is 18.0 Å². The highest BCUT2D eigenvalue weighted by molar-refractivity contribution is 6.17. The van der Waals surface area contributed by atoms with Crippen LogP contribution < -0.4 is 0 Å². The van der Waals surface area contributed by atoms with Crippen molar-refractivity contribution in [3.05, 3.63) is 41.9 Å². The largest absolute Gasteiger partial charge is 0.237 e. The molecule has 0 atom stereocenters. The summed E-state index contributed by atoms with van der Waals surface area (Å²) < 4.78 is 1.74. The van der Waals surface area contributed by atoms with Gasteiger partial charge in [-0.3, -0.25) is 0 Å². The third-order valence-corrected chi connectivity index (χ3v) is 2.32. The van der Waals surface area contributed by atoms with E-state index in [9.17, 15) is 0 Å². The van der Waals surface area contributed by atoms with Gasteiger partial charge in [-0.05, 0) is 19.1 Å². The highest BCUT2D eigenvalue weighted by Gasteiger charge is 2.04. The van der Waals surface area contributed by atoms with Gasteiger partial charge in [-0.15, -0.1) is 11.6 Å². The van der Waals surface area contributed by atoms with Gasteiger partial charge in [0.2, 0.25) is 0 Å². The number of pyridine rings is 1. The Hall–Kier alpha value is -1.35.